The van der Waals surface area contributed by atoms with Gasteiger partial charge in [0.25, 0.3) is 0 Å². The molecule has 4 heteroatoms. The van der Waals surface area contributed by atoms with Crippen LogP contribution in [0.3, 0.4) is 0 Å². The Morgan fingerprint density at radius 2 is 1.62 bits per heavy atom. The van der Waals surface area contributed by atoms with Crippen LogP contribution < -0.4 is 10.6 Å². The van der Waals surface area contributed by atoms with Gasteiger partial charge in [-0.3, -0.25) is 0 Å². The highest BCUT2D eigenvalue weighted by Crippen LogP contribution is 2.28. The van der Waals surface area contributed by atoms with Gasteiger partial charge < -0.3 is 10.6 Å². The SMILES string of the molecule is CCCn1nc(C)c(N)c1N(CCC(C)C)CCC(C)C. The second-order valence-electron chi connectivity index (χ2n) is 6.90. The predicted molar refractivity (Wildman–Crippen MR) is 92.8 cm³/mol. The van der Waals surface area contributed by atoms with Crippen LogP contribution >= 0.6 is 0 Å². The standard InChI is InChI=1S/C17H34N4/c1-7-10-21-17(16(18)15(6)19-21)20(11-8-13(2)3)12-9-14(4)5/h13-14H,7-12,18H2,1-6H3. The normalized spacial score (nSPS) is 11.6. The number of hydrogen-bond acceptors (Lipinski definition) is 3. The van der Waals surface area contributed by atoms with Gasteiger partial charge in [0.15, 0.2) is 5.82 Å². The molecule has 0 amide bonds. The Hall–Kier alpha value is -1.19. The minimum Gasteiger partial charge on any atom is -0.394 e. The van der Waals surface area contributed by atoms with Crippen LogP contribution in [0.1, 0.15) is 59.6 Å². The van der Waals surface area contributed by atoms with Crippen molar-refractivity contribution in [3.63, 3.8) is 0 Å². The smallest absolute Gasteiger partial charge is 0.150 e. The predicted octanol–water partition coefficient (Wildman–Crippen LogP) is 4.08. The van der Waals surface area contributed by atoms with Crippen LogP contribution in [0.2, 0.25) is 0 Å². The van der Waals surface area contributed by atoms with Crippen molar-refractivity contribution < 1.29 is 0 Å². The minimum absolute atomic E-state index is 0.705. The van der Waals surface area contributed by atoms with E-state index in [-0.39, 0.29) is 0 Å². The Bertz CT molecular complexity index is 409. The van der Waals surface area contributed by atoms with E-state index in [0.717, 1.165) is 43.3 Å². The molecule has 122 valence electrons. The molecule has 0 aliphatic rings. The van der Waals surface area contributed by atoms with Crippen LogP contribution in [-0.2, 0) is 6.54 Å². The summed E-state index contributed by atoms with van der Waals surface area (Å²) >= 11 is 0. The average Bonchev–Trinajstić information content (AvgIpc) is 2.66. The molecule has 0 aromatic carbocycles. The number of aromatic nitrogens is 2. The molecule has 0 saturated heterocycles. The van der Waals surface area contributed by atoms with Gasteiger partial charge in [0, 0.05) is 19.6 Å². The van der Waals surface area contributed by atoms with E-state index in [1.807, 2.05) is 6.92 Å². The van der Waals surface area contributed by atoms with Crippen molar-refractivity contribution in [1.82, 2.24) is 9.78 Å². The summed E-state index contributed by atoms with van der Waals surface area (Å²) in [7, 11) is 0. The van der Waals surface area contributed by atoms with Gasteiger partial charge in [0.05, 0.1) is 11.4 Å². The lowest BCUT2D eigenvalue weighted by Crippen LogP contribution is -2.30. The van der Waals surface area contributed by atoms with Crippen molar-refractivity contribution in [1.29, 1.82) is 0 Å². The molecule has 0 aliphatic heterocycles. The molecule has 1 aromatic rings. The van der Waals surface area contributed by atoms with E-state index < -0.39 is 0 Å². The van der Waals surface area contributed by atoms with Crippen molar-refractivity contribution in [2.24, 2.45) is 11.8 Å². The van der Waals surface area contributed by atoms with Crippen LogP contribution in [0.5, 0.6) is 0 Å². The van der Waals surface area contributed by atoms with E-state index in [0.29, 0.717) is 11.8 Å². The fraction of sp³-hybridized carbons (Fsp3) is 0.824. The third kappa shape index (κ3) is 5.25. The van der Waals surface area contributed by atoms with Gasteiger partial charge in [0.2, 0.25) is 0 Å². The zero-order chi connectivity index (χ0) is 16.0. The lowest BCUT2D eigenvalue weighted by atomic mass is 10.1. The Morgan fingerprint density at radius 1 is 1.10 bits per heavy atom. The van der Waals surface area contributed by atoms with E-state index in [1.54, 1.807) is 0 Å². The maximum atomic E-state index is 6.32. The zero-order valence-electron chi connectivity index (χ0n) is 14.8. The highest BCUT2D eigenvalue weighted by atomic mass is 15.4. The number of aryl methyl sites for hydroxylation is 2. The third-order valence-electron chi connectivity index (χ3n) is 3.83. The van der Waals surface area contributed by atoms with Gasteiger partial charge >= 0.3 is 0 Å². The van der Waals surface area contributed by atoms with Gasteiger partial charge in [-0.15, -0.1) is 0 Å². The Kier molecular flexibility index (Phi) is 7.06. The van der Waals surface area contributed by atoms with E-state index in [1.165, 1.54) is 12.8 Å². The summed E-state index contributed by atoms with van der Waals surface area (Å²) in [6.07, 6.45) is 3.46. The summed E-state index contributed by atoms with van der Waals surface area (Å²) in [5.74, 6) is 2.54. The summed E-state index contributed by atoms with van der Waals surface area (Å²) in [5, 5.41) is 4.63. The van der Waals surface area contributed by atoms with Gasteiger partial charge in [-0.2, -0.15) is 5.10 Å². The Balaban J connectivity index is 2.99. The Morgan fingerprint density at radius 3 is 2.05 bits per heavy atom. The second kappa shape index (κ2) is 8.30. The quantitative estimate of drug-likeness (QED) is 0.746. The summed E-state index contributed by atoms with van der Waals surface area (Å²) in [4.78, 5) is 2.45. The highest BCUT2D eigenvalue weighted by Gasteiger charge is 2.19. The summed E-state index contributed by atoms with van der Waals surface area (Å²) in [6, 6.07) is 0. The molecule has 0 fully saturated rings. The molecule has 0 saturated carbocycles. The summed E-state index contributed by atoms with van der Waals surface area (Å²) < 4.78 is 2.10. The molecule has 0 bridgehead atoms. The van der Waals surface area contributed by atoms with Gasteiger partial charge in [-0.1, -0.05) is 34.6 Å². The van der Waals surface area contributed by atoms with Crippen LogP contribution in [0.25, 0.3) is 0 Å². The number of nitrogens with zero attached hydrogens (tertiary/aromatic N) is 3. The van der Waals surface area contributed by atoms with E-state index in [4.69, 9.17) is 5.73 Å². The van der Waals surface area contributed by atoms with E-state index >= 15 is 0 Å². The molecule has 0 atom stereocenters. The number of nitrogen functional groups attached to an aromatic ring is 1. The average molecular weight is 294 g/mol. The third-order valence-corrected chi connectivity index (χ3v) is 3.83. The summed E-state index contributed by atoms with van der Waals surface area (Å²) in [6.45, 7) is 16.4. The van der Waals surface area contributed by atoms with Crippen LogP contribution in [0.4, 0.5) is 11.5 Å². The van der Waals surface area contributed by atoms with Crippen LogP contribution in [0.15, 0.2) is 0 Å². The zero-order valence-corrected chi connectivity index (χ0v) is 14.8. The van der Waals surface area contributed by atoms with Gasteiger partial charge in [-0.25, -0.2) is 4.68 Å². The first kappa shape index (κ1) is 17.9. The molecule has 1 heterocycles. The topological polar surface area (TPSA) is 47.1 Å². The summed E-state index contributed by atoms with van der Waals surface area (Å²) in [5.41, 5.74) is 8.14. The lowest BCUT2D eigenvalue weighted by molar-refractivity contribution is 0.516. The molecule has 4 nitrogen and oxygen atoms in total. The fourth-order valence-electron chi connectivity index (χ4n) is 2.44. The fourth-order valence-corrected chi connectivity index (χ4v) is 2.44. The molecule has 1 aromatic heterocycles. The van der Waals surface area contributed by atoms with Gasteiger partial charge in [-0.05, 0) is 38.0 Å². The number of anilines is 2. The van der Waals surface area contributed by atoms with E-state index in [2.05, 4.69) is 49.3 Å². The largest absolute Gasteiger partial charge is 0.394 e. The first-order valence-electron chi connectivity index (χ1n) is 8.44. The molecular formula is C17H34N4. The van der Waals surface area contributed by atoms with Crippen molar-refractivity contribution >= 4 is 11.5 Å². The van der Waals surface area contributed by atoms with Gasteiger partial charge in [0.1, 0.15) is 0 Å². The lowest BCUT2D eigenvalue weighted by Gasteiger charge is -2.27. The Labute approximate surface area is 130 Å². The van der Waals surface area contributed by atoms with E-state index in [9.17, 15) is 0 Å². The van der Waals surface area contributed by atoms with Crippen molar-refractivity contribution in [3.05, 3.63) is 5.69 Å². The molecule has 21 heavy (non-hydrogen) atoms. The number of rotatable bonds is 9. The van der Waals surface area contributed by atoms with Crippen molar-refractivity contribution in [2.75, 3.05) is 23.7 Å². The monoisotopic (exact) mass is 294 g/mol. The molecule has 0 aliphatic carbocycles. The van der Waals surface area contributed by atoms with Crippen LogP contribution in [0, 0.1) is 18.8 Å². The maximum absolute atomic E-state index is 6.32. The first-order valence-corrected chi connectivity index (χ1v) is 8.44. The molecule has 2 N–H and O–H groups in total. The number of hydrogen-bond donors (Lipinski definition) is 1. The van der Waals surface area contributed by atoms with Crippen molar-refractivity contribution in [3.8, 4) is 0 Å². The first-order chi connectivity index (χ1) is 9.86. The maximum Gasteiger partial charge on any atom is 0.150 e. The molecular weight excluding hydrogens is 260 g/mol. The minimum atomic E-state index is 0.705. The molecule has 0 unspecified atom stereocenters. The molecule has 0 spiro atoms. The highest BCUT2D eigenvalue weighted by molar-refractivity contribution is 5.66. The number of nitrogens with two attached hydrogens (primary N) is 1. The molecule has 0 radical (unpaired) electrons. The van der Waals surface area contributed by atoms with Crippen LogP contribution in [-0.4, -0.2) is 22.9 Å². The molecule has 1 rings (SSSR count). The van der Waals surface area contributed by atoms with Crippen molar-refractivity contribution in [2.45, 2.75) is 67.3 Å². The second-order valence-corrected chi connectivity index (χ2v) is 6.90.